The second-order valence-electron chi connectivity index (χ2n) is 7.61. The van der Waals surface area contributed by atoms with Gasteiger partial charge in [0.15, 0.2) is 0 Å². The van der Waals surface area contributed by atoms with Gasteiger partial charge in [0, 0.05) is 11.4 Å². The lowest BCUT2D eigenvalue weighted by Crippen LogP contribution is -2.27. The molecule has 4 aromatic rings. The van der Waals surface area contributed by atoms with E-state index in [1.165, 1.54) is 0 Å². The summed E-state index contributed by atoms with van der Waals surface area (Å²) in [7, 11) is 0. The van der Waals surface area contributed by atoms with E-state index in [0.717, 1.165) is 11.5 Å². The molecule has 2 aromatic carbocycles. The minimum Gasteiger partial charge on any atom is -0.468 e. The summed E-state index contributed by atoms with van der Waals surface area (Å²) in [4.78, 5) is 24.1. The second kappa shape index (κ2) is 12.2. The molecule has 0 radical (unpaired) electrons. The lowest BCUT2D eigenvalue weighted by molar-refractivity contribution is -0.116. The van der Waals surface area contributed by atoms with Gasteiger partial charge in [-0.25, -0.2) is 0 Å². The minimum absolute atomic E-state index is 0.154. The molecule has 2 amide bonds. The highest BCUT2D eigenvalue weighted by atomic mass is 16.5. The van der Waals surface area contributed by atoms with Crippen LogP contribution in [0.15, 0.2) is 94.2 Å². The fraction of sp³-hybridized carbons (Fsp3) is 0.154. The highest BCUT2D eigenvalue weighted by Crippen LogP contribution is 2.24. The fourth-order valence-electron chi connectivity index (χ4n) is 3.18. The summed E-state index contributed by atoms with van der Waals surface area (Å²) >= 11 is 0. The third-order valence-corrected chi connectivity index (χ3v) is 4.84. The van der Waals surface area contributed by atoms with E-state index in [-0.39, 0.29) is 24.9 Å². The lowest BCUT2D eigenvalue weighted by atomic mass is 10.2. The molecule has 0 aliphatic heterocycles. The number of hydrogen-bond donors (Lipinski definition) is 4. The van der Waals surface area contributed by atoms with Gasteiger partial charge in [-0.2, -0.15) is 0 Å². The van der Waals surface area contributed by atoms with Gasteiger partial charge in [-0.3, -0.25) is 9.59 Å². The molecule has 0 unspecified atom stereocenters. The molecular formula is C26H26N4O5. The van der Waals surface area contributed by atoms with Gasteiger partial charge in [0.2, 0.25) is 11.8 Å². The van der Waals surface area contributed by atoms with Gasteiger partial charge >= 0.3 is 0 Å². The number of anilines is 2. The summed E-state index contributed by atoms with van der Waals surface area (Å²) in [6.45, 7) is 1.31. The molecule has 4 N–H and O–H groups in total. The summed E-state index contributed by atoms with van der Waals surface area (Å²) in [5.41, 5.74) is 1.33. The second-order valence-corrected chi connectivity index (χ2v) is 7.61. The zero-order valence-corrected chi connectivity index (χ0v) is 19.0. The Labute approximate surface area is 202 Å². The number of furan rings is 2. The Hall–Kier alpha value is -4.34. The molecule has 0 bridgehead atoms. The van der Waals surface area contributed by atoms with Gasteiger partial charge in [0.05, 0.1) is 38.7 Å². The molecule has 0 fully saturated rings. The molecule has 0 atom stereocenters. The summed E-state index contributed by atoms with van der Waals surface area (Å²) in [6, 6.07) is 21.4. The number of carbonyl (C=O) groups excluding carboxylic acids is 2. The fourth-order valence-corrected chi connectivity index (χ4v) is 3.18. The Morgan fingerprint density at radius 2 is 1.06 bits per heavy atom. The first kappa shape index (κ1) is 23.8. The number of carbonyl (C=O) groups is 2. The summed E-state index contributed by atoms with van der Waals surface area (Å²) in [5, 5.41) is 11.7. The first-order chi connectivity index (χ1) is 17.1. The maximum absolute atomic E-state index is 12.1. The maximum Gasteiger partial charge on any atom is 0.238 e. The van der Waals surface area contributed by atoms with Gasteiger partial charge in [0.25, 0.3) is 0 Å². The van der Waals surface area contributed by atoms with Crippen molar-refractivity contribution in [2.45, 2.75) is 13.1 Å². The van der Waals surface area contributed by atoms with Crippen LogP contribution in [0.3, 0.4) is 0 Å². The Balaban J connectivity index is 1.17. The zero-order chi connectivity index (χ0) is 24.3. The van der Waals surface area contributed by atoms with E-state index in [1.807, 2.05) is 12.1 Å². The van der Waals surface area contributed by atoms with Gasteiger partial charge in [-0.1, -0.05) is 0 Å². The summed E-state index contributed by atoms with van der Waals surface area (Å²) < 4.78 is 16.3. The molecule has 180 valence electrons. The predicted molar refractivity (Wildman–Crippen MR) is 131 cm³/mol. The van der Waals surface area contributed by atoms with Crippen LogP contribution in [0, 0.1) is 0 Å². The van der Waals surface area contributed by atoms with E-state index >= 15 is 0 Å². The molecule has 2 heterocycles. The largest absolute Gasteiger partial charge is 0.468 e. The van der Waals surface area contributed by atoms with Crippen molar-refractivity contribution < 1.29 is 23.2 Å². The van der Waals surface area contributed by atoms with Crippen molar-refractivity contribution in [2.75, 3.05) is 23.7 Å². The van der Waals surface area contributed by atoms with E-state index in [1.54, 1.807) is 73.2 Å². The zero-order valence-electron chi connectivity index (χ0n) is 19.0. The van der Waals surface area contributed by atoms with Crippen LogP contribution in [0.25, 0.3) is 0 Å². The van der Waals surface area contributed by atoms with Crippen LogP contribution < -0.4 is 26.0 Å². The molecule has 0 saturated heterocycles. The van der Waals surface area contributed by atoms with Crippen LogP contribution in [0.2, 0.25) is 0 Å². The van der Waals surface area contributed by atoms with Crippen LogP contribution in [0.4, 0.5) is 11.4 Å². The molecule has 0 aliphatic carbocycles. The normalized spacial score (nSPS) is 10.6. The van der Waals surface area contributed by atoms with Crippen molar-refractivity contribution in [3.8, 4) is 11.5 Å². The van der Waals surface area contributed by atoms with E-state index in [2.05, 4.69) is 21.3 Å². The number of amides is 2. The van der Waals surface area contributed by atoms with Crippen LogP contribution >= 0.6 is 0 Å². The monoisotopic (exact) mass is 474 g/mol. The molecule has 9 nitrogen and oxygen atoms in total. The van der Waals surface area contributed by atoms with Crippen molar-refractivity contribution in [3.05, 3.63) is 96.8 Å². The smallest absolute Gasteiger partial charge is 0.238 e. The van der Waals surface area contributed by atoms with Crippen molar-refractivity contribution >= 4 is 23.2 Å². The summed E-state index contributed by atoms with van der Waals surface area (Å²) in [5.74, 6) is 2.48. The Kier molecular flexibility index (Phi) is 8.31. The SMILES string of the molecule is O=C(CNCc1ccco1)Nc1ccc(Oc2ccc(NC(=O)CNCc3ccco3)cc2)cc1. The summed E-state index contributed by atoms with van der Waals surface area (Å²) in [6.07, 6.45) is 3.19. The average Bonchev–Trinajstić information content (AvgIpc) is 3.56. The third-order valence-electron chi connectivity index (χ3n) is 4.84. The van der Waals surface area contributed by atoms with Crippen molar-refractivity contribution in [2.24, 2.45) is 0 Å². The highest BCUT2D eigenvalue weighted by Gasteiger charge is 2.06. The first-order valence-corrected chi connectivity index (χ1v) is 11.1. The maximum atomic E-state index is 12.1. The predicted octanol–water partition coefficient (Wildman–Crippen LogP) is 4.12. The van der Waals surface area contributed by atoms with Crippen LogP contribution in [-0.2, 0) is 22.7 Å². The van der Waals surface area contributed by atoms with Crippen molar-refractivity contribution in [1.29, 1.82) is 0 Å². The average molecular weight is 475 g/mol. The lowest BCUT2D eigenvalue weighted by Gasteiger charge is -2.10. The molecule has 0 aliphatic rings. The Morgan fingerprint density at radius 1 is 0.629 bits per heavy atom. The molecule has 4 rings (SSSR count). The topological polar surface area (TPSA) is 118 Å². The van der Waals surface area contributed by atoms with E-state index in [4.69, 9.17) is 13.6 Å². The Bertz CT molecular complexity index is 1090. The van der Waals surface area contributed by atoms with Crippen LogP contribution in [-0.4, -0.2) is 24.9 Å². The van der Waals surface area contributed by atoms with Crippen molar-refractivity contribution in [1.82, 2.24) is 10.6 Å². The number of benzene rings is 2. The molecular weight excluding hydrogens is 448 g/mol. The van der Waals surface area contributed by atoms with Crippen molar-refractivity contribution in [3.63, 3.8) is 0 Å². The molecule has 9 heteroatoms. The number of nitrogens with one attached hydrogen (secondary N) is 4. The highest BCUT2D eigenvalue weighted by molar-refractivity contribution is 5.92. The van der Waals surface area contributed by atoms with Gasteiger partial charge in [0.1, 0.15) is 23.0 Å². The van der Waals surface area contributed by atoms with E-state index in [9.17, 15) is 9.59 Å². The van der Waals surface area contributed by atoms with Crippen LogP contribution in [0.5, 0.6) is 11.5 Å². The van der Waals surface area contributed by atoms with Gasteiger partial charge in [-0.05, 0) is 72.8 Å². The quantitative estimate of drug-likeness (QED) is 0.244. The van der Waals surface area contributed by atoms with Gasteiger partial charge < -0.3 is 34.8 Å². The minimum atomic E-state index is -0.154. The van der Waals surface area contributed by atoms with E-state index < -0.39 is 0 Å². The standard InChI is InChI=1S/C26H26N4O5/c31-25(17-27-15-23-3-1-13-33-23)29-19-5-9-21(10-6-19)35-22-11-7-20(8-12-22)30-26(32)18-28-16-24-4-2-14-34-24/h1-14,27-28H,15-18H2,(H,29,31)(H,30,32). The first-order valence-electron chi connectivity index (χ1n) is 11.1. The molecule has 2 aromatic heterocycles. The molecule has 0 saturated carbocycles. The number of ether oxygens (including phenoxy) is 1. The third kappa shape index (κ3) is 7.88. The Morgan fingerprint density at radius 3 is 1.43 bits per heavy atom. The number of rotatable bonds is 12. The van der Waals surface area contributed by atoms with Crippen LogP contribution in [0.1, 0.15) is 11.5 Å². The van der Waals surface area contributed by atoms with E-state index in [0.29, 0.717) is 36.0 Å². The van der Waals surface area contributed by atoms with Gasteiger partial charge in [-0.15, -0.1) is 0 Å². The molecule has 0 spiro atoms. The molecule has 35 heavy (non-hydrogen) atoms. The number of hydrogen-bond acceptors (Lipinski definition) is 7.